The van der Waals surface area contributed by atoms with Crippen molar-refractivity contribution in [1.29, 1.82) is 0 Å². The molecule has 0 amide bonds. The molecule has 2 aromatic carbocycles. The maximum absolute atomic E-state index is 11.4. The predicted molar refractivity (Wildman–Crippen MR) is 77.9 cm³/mol. The second kappa shape index (κ2) is 6.06. The summed E-state index contributed by atoms with van der Waals surface area (Å²) >= 11 is 0. The number of phenolic OH excluding ortho intramolecular Hbond substituents is 1. The van der Waals surface area contributed by atoms with E-state index in [2.05, 4.69) is 11.3 Å². The molecule has 102 valence electrons. The number of rotatable bonds is 4. The van der Waals surface area contributed by atoms with E-state index >= 15 is 0 Å². The minimum absolute atomic E-state index is 0.122. The lowest BCUT2D eigenvalue weighted by atomic mass is 9.90. The first kappa shape index (κ1) is 13.9. The number of aromatic hydroxyl groups is 1. The molecule has 0 aliphatic heterocycles. The highest BCUT2D eigenvalue weighted by atomic mass is 16.5. The fourth-order valence-corrected chi connectivity index (χ4v) is 2.14. The summed E-state index contributed by atoms with van der Waals surface area (Å²) < 4.78 is 4.67. The fraction of sp³-hybridized carbons (Fsp3) is 0.118. The molecular formula is C17H16O3. The summed E-state index contributed by atoms with van der Waals surface area (Å²) in [6.45, 7) is 3.83. The van der Waals surface area contributed by atoms with Gasteiger partial charge in [0.15, 0.2) is 0 Å². The van der Waals surface area contributed by atoms with Gasteiger partial charge in [0.05, 0.1) is 12.7 Å². The van der Waals surface area contributed by atoms with Crippen LogP contribution in [0.25, 0.3) is 0 Å². The smallest absolute Gasteiger partial charge is 0.337 e. The van der Waals surface area contributed by atoms with E-state index in [0.29, 0.717) is 5.56 Å². The highest BCUT2D eigenvalue weighted by Crippen LogP contribution is 2.31. The van der Waals surface area contributed by atoms with Gasteiger partial charge in [0, 0.05) is 11.5 Å². The van der Waals surface area contributed by atoms with Crippen molar-refractivity contribution in [1.82, 2.24) is 0 Å². The number of allylic oxidation sites excluding steroid dienone is 1. The summed E-state index contributed by atoms with van der Waals surface area (Å²) in [5.41, 5.74) is 2.24. The molecule has 1 atom stereocenters. The van der Waals surface area contributed by atoms with Crippen molar-refractivity contribution in [2.24, 2.45) is 0 Å². The Kier molecular flexibility index (Phi) is 4.20. The average molecular weight is 268 g/mol. The van der Waals surface area contributed by atoms with Gasteiger partial charge in [-0.2, -0.15) is 0 Å². The van der Waals surface area contributed by atoms with Gasteiger partial charge in [-0.05, 0) is 23.8 Å². The Balaban J connectivity index is 2.36. The number of carbonyl (C=O) groups excluding carboxylic acids is 1. The predicted octanol–water partition coefficient (Wildman–Crippen LogP) is 3.50. The zero-order chi connectivity index (χ0) is 14.5. The molecule has 0 fully saturated rings. The molecule has 2 rings (SSSR count). The van der Waals surface area contributed by atoms with E-state index in [4.69, 9.17) is 0 Å². The largest absolute Gasteiger partial charge is 0.508 e. The number of hydrogen-bond acceptors (Lipinski definition) is 3. The molecule has 1 N–H and O–H groups in total. The van der Waals surface area contributed by atoms with E-state index < -0.39 is 0 Å². The lowest BCUT2D eigenvalue weighted by Gasteiger charge is -2.15. The first-order valence-corrected chi connectivity index (χ1v) is 6.26. The zero-order valence-electron chi connectivity index (χ0n) is 11.2. The van der Waals surface area contributed by atoms with Crippen molar-refractivity contribution >= 4 is 5.97 Å². The fourth-order valence-electron chi connectivity index (χ4n) is 2.14. The maximum atomic E-state index is 11.4. The highest BCUT2D eigenvalue weighted by molar-refractivity contribution is 5.89. The molecule has 2 aromatic rings. The number of hydrogen-bond donors (Lipinski definition) is 1. The van der Waals surface area contributed by atoms with Crippen molar-refractivity contribution in [2.45, 2.75) is 5.92 Å². The standard InChI is InChI=1S/C17H16O3/c1-3-14(15-6-4-5-7-16(15)18)12-8-10-13(11-9-12)17(19)20-2/h3-11,14,18H,1H2,2H3. The summed E-state index contributed by atoms with van der Waals surface area (Å²) in [5.74, 6) is -0.258. The molecule has 0 saturated carbocycles. The highest BCUT2D eigenvalue weighted by Gasteiger charge is 2.14. The third kappa shape index (κ3) is 2.72. The van der Waals surface area contributed by atoms with Gasteiger partial charge in [0.25, 0.3) is 0 Å². The van der Waals surface area contributed by atoms with Crippen LogP contribution in [-0.2, 0) is 4.74 Å². The second-order valence-corrected chi connectivity index (χ2v) is 4.39. The van der Waals surface area contributed by atoms with E-state index in [9.17, 15) is 9.90 Å². The van der Waals surface area contributed by atoms with E-state index in [1.165, 1.54) is 7.11 Å². The summed E-state index contributed by atoms with van der Waals surface area (Å²) in [6, 6.07) is 14.2. The Morgan fingerprint density at radius 3 is 2.40 bits per heavy atom. The Labute approximate surface area is 118 Å². The molecule has 20 heavy (non-hydrogen) atoms. The molecule has 1 unspecified atom stereocenters. The van der Waals surface area contributed by atoms with Crippen molar-refractivity contribution < 1.29 is 14.6 Å². The molecule has 0 heterocycles. The molecule has 0 radical (unpaired) electrons. The van der Waals surface area contributed by atoms with Crippen LogP contribution < -0.4 is 0 Å². The number of phenols is 1. The summed E-state index contributed by atoms with van der Waals surface area (Å²) in [5, 5.41) is 9.93. The van der Waals surface area contributed by atoms with Crippen molar-refractivity contribution in [2.75, 3.05) is 7.11 Å². The number of methoxy groups -OCH3 is 1. The minimum atomic E-state index is -0.366. The van der Waals surface area contributed by atoms with Gasteiger partial charge in [-0.3, -0.25) is 0 Å². The van der Waals surface area contributed by atoms with Crippen LogP contribution in [0.1, 0.15) is 27.4 Å². The quantitative estimate of drug-likeness (QED) is 0.682. The number of para-hydroxylation sites is 1. The molecule has 3 heteroatoms. The molecule has 0 bridgehead atoms. The van der Waals surface area contributed by atoms with E-state index in [1.54, 1.807) is 30.3 Å². The first-order valence-electron chi connectivity index (χ1n) is 6.26. The Bertz CT molecular complexity index is 614. The van der Waals surface area contributed by atoms with E-state index in [-0.39, 0.29) is 17.6 Å². The number of carbonyl (C=O) groups is 1. The number of benzene rings is 2. The van der Waals surface area contributed by atoms with Crippen LogP contribution in [0.15, 0.2) is 61.2 Å². The van der Waals surface area contributed by atoms with Crippen LogP contribution in [0, 0.1) is 0 Å². The maximum Gasteiger partial charge on any atom is 0.337 e. The van der Waals surface area contributed by atoms with Crippen LogP contribution in [-0.4, -0.2) is 18.2 Å². The lowest BCUT2D eigenvalue weighted by molar-refractivity contribution is 0.0600. The molecule has 0 aromatic heterocycles. The van der Waals surface area contributed by atoms with Gasteiger partial charge in [0.2, 0.25) is 0 Å². The summed E-state index contributed by atoms with van der Waals surface area (Å²) in [4.78, 5) is 11.4. The minimum Gasteiger partial charge on any atom is -0.508 e. The Hall–Kier alpha value is -2.55. The van der Waals surface area contributed by atoms with Gasteiger partial charge in [-0.1, -0.05) is 36.4 Å². The van der Waals surface area contributed by atoms with Crippen LogP contribution >= 0.6 is 0 Å². The third-order valence-corrected chi connectivity index (χ3v) is 3.20. The first-order chi connectivity index (χ1) is 9.67. The molecule has 0 aliphatic carbocycles. The SMILES string of the molecule is C=CC(c1ccc(C(=O)OC)cc1)c1ccccc1O. The monoisotopic (exact) mass is 268 g/mol. The lowest BCUT2D eigenvalue weighted by Crippen LogP contribution is -2.02. The number of esters is 1. The van der Waals surface area contributed by atoms with Crippen LogP contribution in [0.3, 0.4) is 0 Å². The van der Waals surface area contributed by atoms with Crippen LogP contribution in [0.5, 0.6) is 5.75 Å². The van der Waals surface area contributed by atoms with Gasteiger partial charge < -0.3 is 9.84 Å². The van der Waals surface area contributed by atoms with Crippen molar-refractivity contribution in [3.05, 3.63) is 77.9 Å². The van der Waals surface area contributed by atoms with Crippen molar-refractivity contribution in [3.8, 4) is 5.75 Å². The van der Waals surface area contributed by atoms with Gasteiger partial charge in [0.1, 0.15) is 5.75 Å². The normalized spacial score (nSPS) is 11.7. The Morgan fingerprint density at radius 1 is 1.20 bits per heavy atom. The summed E-state index contributed by atoms with van der Waals surface area (Å²) in [7, 11) is 1.35. The van der Waals surface area contributed by atoms with E-state index in [1.807, 2.05) is 24.3 Å². The number of ether oxygens (including phenoxy) is 1. The second-order valence-electron chi connectivity index (χ2n) is 4.39. The zero-order valence-corrected chi connectivity index (χ0v) is 11.2. The molecule has 3 nitrogen and oxygen atoms in total. The summed E-state index contributed by atoms with van der Waals surface area (Å²) in [6.07, 6.45) is 1.77. The third-order valence-electron chi connectivity index (χ3n) is 3.20. The van der Waals surface area contributed by atoms with Gasteiger partial charge >= 0.3 is 5.97 Å². The van der Waals surface area contributed by atoms with Gasteiger partial charge in [-0.15, -0.1) is 6.58 Å². The van der Waals surface area contributed by atoms with Crippen molar-refractivity contribution in [3.63, 3.8) is 0 Å². The van der Waals surface area contributed by atoms with E-state index in [0.717, 1.165) is 11.1 Å². The molecule has 0 aliphatic rings. The topological polar surface area (TPSA) is 46.5 Å². The average Bonchev–Trinajstić information content (AvgIpc) is 2.50. The van der Waals surface area contributed by atoms with Gasteiger partial charge in [-0.25, -0.2) is 4.79 Å². The Morgan fingerprint density at radius 2 is 1.85 bits per heavy atom. The van der Waals surface area contributed by atoms with Crippen LogP contribution in [0.4, 0.5) is 0 Å². The molecular weight excluding hydrogens is 252 g/mol. The van der Waals surface area contributed by atoms with Crippen LogP contribution in [0.2, 0.25) is 0 Å². The molecule has 0 spiro atoms. The molecule has 0 saturated heterocycles.